The monoisotopic (exact) mass is 424 g/mol. The Morgan fingerprint density at radius 1 is 1.16 bits per heavy atom. The maximum absolute atomic E-state index is 6.30. The molecule has 0 radical (unpaired) electrons. The molecule has 168 valence electrons. The van der Waals surface area contributed by atoms with Gasteiger partial charge in [0.15, 0.2) is 0 Å². The average molecular weight is 424 g/mol. The molecule has 0 bridgehead atoms. The Morgan fingerprint density at radius 2 is 1.87 bits per heavy atom. The van der Waals surface area contributed by atoms with Gasteiger partial charge in [-0.2, -0.15) is 0 Å². The Balaban J connectivity index is 1.63. The number of fused-ring (bicyclic) bond motifs is 1. The predicted molar refractivity (Wildman–Crippen MR) is 129 cm³/mol. The third kappa shape index (κ3) is 4.48. The number of hydrogen-bond donors (Lipinski definition) is 1. The fraction of sp³-hybridized carbons (Fsp3) is 0.640. The second-order valence-corrected chi connectivity index (χ2v) is 10.0. The second kappa shape index (κ2) is 8.72. The van der Waals surface area contributed by atoms with E-state index in [9.17, 15) is 0 Å². The molecule has 1 saturated carbocycles. The van der Waals surface area contributed by atoms with E-state index >= 15 is 0 Å². The van der Waals surface area contributed by atoms with Gasteiger partial charge in [0.1, 0.15) is 5.84 Å². The standard InChI is InChI=1S/C25H37BN2O3/c1-7-17-15-19(26-30-24(3,4)25(5,6)31-26)16-18(8-2)23(17)28-22-13-14-29-21-12-10-9-11-20(21)27-22/h7,15-16,20-21H,1,8-14H2,2-6H3,(H,27,28)/t20-,21+/m0/s1. The van der Waals surface area contributed by atoms with Gasteiger partial charge in [-0.05, 0) is 63.5 Å². The molecule has 5 nitrogen and oxygen atoms in total. The van der Waals surface area contributed by atoms with Crippen LogP contribution in [0.5, 0.6) is 0 Å². The molecule has 31 heavy (non-hydrogen) atoms. The minimum atomic E-state index is -0.380. The molecule has 3 aliphatic rings. The summed E-state index contributed by atoms with van der Waals surface area (Å²) in [5.74, 6) is 1.02. The van der Waals surface area contributed by atoms with E-state index in [1.807, 2.05) is 6.08 Å². The van der Waals surface area contributed by atoms with Gasteiger partial charge in [-0.3, -0.25) is 4.99 Å². The first kappa shape index (κ1) is 22.6. The van der Waals surface area contributed by atoms with Crippen molar-refractivity contribution >= 4 is 30.2 Å². The smallest absolute Gasteiger partial charge is 0.399 e. The lowest BCUT2D eigenvalue weighted by Gasteiger charge is -2.32. The summed E-state index contributed by atoms with van der Waals surface area (Å²) in [7, 11) is -0.380. The molecule has 1 aromatic rings. The van der Waals surface area contributed by atoms with Crippen LogP contribution in [0.3, 0.4) is 0 Å². The molecule has 0 amide bonds. The fourth-order valence-corrected chi connectivity index (χ4v) is 4.69. The van der Waals surface area contributed by atoms with Gasteiger partial charge >= 0.3 is 7.12 Å². The van der Waals surface area contributed by atoms with Crippen molar-refractivity contribution in [2.45, 2.75) is 96.5 Å². The Bertz CT molecular complexity index is 849. The van der Waals surface area contributed by atoms with Crippen molar-refractivity contribution in [2.24, 2.45) is 4.99 Å². The van der Waals surface area contributed by atoms with Crippen molar-refractivity contribution in [3.8, 4) is 0 Å². The largest absolute Gasteiger partial charge is 0.494 e. The first-order valence-electron chi connectivity index (χ1n) is 11.8. The number of ether oxygens (including phenoxy) is 1. The molecule has 2 heterocycles. The summed E-state index contributed by atoms with van der Waals surface area (Å²) < 4.78 is 18.7. The van der Waals surface area contributed by atoms with E-state index in [0.29, 0.717) is 0 Å². The number of nitrogens with zero attached hydrogens (tertiary/aromatic N) is 1. The molecule has 0 aromatic heterocycles. The van der Waals surface area contributed by atoms with Crippen LogP contribution in [-0.4, -0.2) is 42.9 Å². The number of anilines is 1. The SMILES string of the molecule is C=Cc1cc(B2OC(C)(C)C(C)(C)O2)cc(CC)c1NC1=N[C@H]2CCCC[C@H]2OCC1. The van der Waals surface area contributed by atoms with E-state index < -0.39 is 0 Å². The molecule has 0 spiro atoms. The zero-order valence-corrected chi connectivity index (χ0v) is 19.8. The highest BCUT2D eigenvalue weighted by atomic mass is 16.7. The highest BCUT2D eigenvalue weighted by Gasteiger charge is 2.51. The van der Waals surface area contributed by atoms with Crippen molar-refractivity contribution in [2.75, 3.05) is 11.9 Å². The van der Waals surface area contributed by atoms with E-state index in [4.69, 9.17) is 19.0 Å². The molecule has 0 unspecified atom stereocenters. The third-order valence-corrected chi connectivity index (χ3v) is 7.33. The van der Waals surface area contributed by atoms with Crippen LogP contribution in [0.2, 0.25) is 0 Å². The molecule has 1 N–H and O–H groups in total. The highest BCUT2D eigenvalue weighted by Crippen LogP contribution is 2.37. The van der Waals surface area contributed by atoms with Gasteiger partial charge in [-0.25, -0.2) is 0 Å². The molecule has 6 heteroatoms. The van der Waals surface area contributed by atoms with Crippen molar-refractivity contribution in [3.63, 3.8) is 0 Å². The average Bonchev–Trinajstić information content (AvgIpc) is 2.86. The number of nitrogens with one attached hydrogen (secondary N) is 1. The van der Waals surface area contributed by atoms with Crippen LogP contribution in [0.4, 0.5) is 5.69 Å². The summed E-state index contributed by atoms with van der Waals surface area (Å²) in [4.78, 5) is 5.08. The number of benzene rings is 1. The molecule has 1 aliphatic carbocycles. The first-order chi connectivity index (χ1) is 14.7. The van der Waals surface area contributed by atoms with Gasteiger partial charge in [0.25, 0.3) is 0 Å². The van der Waals surface area contributed by atoms with E-state index in [0.717, 1.165) is 54.8 Å². The van der Waals surface area contributed by atoms with Gasteiger partial charge in [0, 0.05) is 12.1 Å². The van der Waals surface area contributed by atoms with Gasteiger partial charge in [0.05, 0.1) is 30.0 Å². The molecule has 2 atom stereocenters. The van der Waals surface area contributed by atoms with Gasteiger partial charge in [-0.1, -0.05) is 44.6 Å². The van der Waals surface area contributed by atoms with Crippen LogP contribution in [0.15, 0.2) is 23.7 Å². The maximum Gasteiger partial charge on any atom is 0.494 e. The molecular weight excluding hydrogens is 387 g/mol. The fourth-order valence-electron chi connectivity index (χ4n) is 4.69. The predicted octanol–water partition coefficient (Wildman–Crippen LogP) is 4.73. The summed E-state index contributed by atoms with van der Waals surface area (Å²) in [5, 5.41) is 3.66. The lowest BCUT2D eigenvalue weighted by Crippen LogP contribution is -2.41. The number of aliphatic imine (C=N–C) groups is 1. The normalized spacial score (nSPS) is 27.3. The zero-order valence-electron chi connectivity index (χ0n) is 19.8. The van der Waals surface area contributed by atoms with Crippen LogP contribution in [0.1, 0.15) is 77.8 Å². The quantitative estimate of drug-likeness (QED) is 0.710. The summed E-state index contributed by atoms with van der Waals surface area (Å²) in [6, 6.07) is 4.61. The number of rotatable bonds is 4. The minimum Gasteiger partial charge on any atom is -0.399 e. The summed E-state index contributed by atoms with van der Waals surface area (Å²) in [6.07, 6.45) is 8.63. The summed E-state index contributed by atoms with van der Waals surface area (Å²) in [6.45, 7) is 15.3. The zero-order chi connectivity index (χ0) is 22.2. The Kier molecular flexibility index (Phi) is 6.35. The lowest BCUT2D eigenvalue weighted by molar-refractivity contribution is 0.00578. The van der Waals surface area contributed by atoms with Crippen molar-refractivity contribution in [3.05, 3.63) is 29.8 Å². The Hall–Kier alpha value is -1.63. The summed E-state index contributed by atoms with van der Waals surface area (Å²) in [5.41, 5.74) is 3.68. The van der Waals surface area contributed by atoms with Crippen molar-refractivity contribution < 1.29 is 14.0 Å². The molecule has 2 aliphatic heterocycles. The van der Waals surface area contributed by atoms with Gasteiger partial charge in [-0.15, -0.1) is 0 Å². The van der Waals surface area contributed by atoms with E-state index in [-0.39, 0.29) is 30.5 Å². The number of aryl methyl sites for hydroxylation is 1. The Morgan fingerprint density at radius 3 is 2.55 bits per heavy atom. The maximum atomic E-state index is 6.30. The molecular formula is C25H37BN2O3. The lowest BCUT2D eigenvalue weighted by atomic mass is 9.76. The van der Waals surface area contributed by atoms with Crippen molar-refractivity contribution in [1.82, 2.24) is 0 Å². The van der Waals surface area contributed by atoms with Crippen LogP contribution < -0.4 is 10.8 Å². The number of amidine groups is 1. The third-order valence-electron chi connectivity index (χ3n) is 7.33. The van der Waals surface area contributed by atoms with Crippen LogP contribution in [0.25, 0.3) is 6.08 Å². The van der Waals surface area contributed by atoms with Crippen molar-refractivity contribution in [1.29, 1.82) is 0 Å². The number of hydrogen-bond acceptors (Lipinski definition) is 5. The molecule has 4 rings (SSSR count). The van der Waals surface area contributed by atoms with Gasteiger partial charge in [0.2, 0.25) is 0 Å². The topological polar surface area (TPSA) is 52.1 Å². The Labute approximate surface area is 187 Å². The van der Waals surface area contributed by atoms with E-state index in [2.05, 4.69) is 58.6 Å². The van der Waals surface area contributed by atoms with Crippen LogP contribution in [-0.2, 0) is 20.5 Å². The van der Waals surface area contributed by atoms with Gasteiger partial charge < -0.3 is 19.4 Å². The minimum absolute atomic E-state index is 0.278. The van der Waals surface area contributed by atoms with E-state index in [1.54, 1.807) is 0 Å². The van der Waals surface area contributed by atoms with E-state index in [1.165, 1.54) is 18.4 Å². The van der Waals surface area contributed by atoms with Crippen LogP contribution in [0, 0.1) is 0 Å². The second-order valence-electron chi connectivity index (χ2n) is 10.0. The van der Waals surface area contributed by atoms with Crippen LogP contribution >= 0.6 is 0 Å². The molecule has 1 saturated heterocycles. The molecule has 1 aromatic carbocycles. The molecule has 2 fully saturated rings. The first-order valence-corrected chi connectivity index (χ1v) is 11.8. The summed E-state index contributed by atoms with van der Waals surface area (Å²) >= 11 is 0. The highest BCUT2D eigenvalue weighted by molar-refractivity contribution is 6.62.